The highest BCUT2D eigenvalue weighted by Gasteiger charge is 2.02. The molecule has 19 heteroatoms. The Balaban J connectivity index is 3.07. The first-order valence-corrected chi connectivity index (χ1v) is 20.2. The van der Waals surface area contributed by atoms with E-state index >= 15 is 0 Å². The van der Waals surface area contributed by atoms with Gasteiger partial charge < -0.3 is 85.3 Å². The second-order valence-corrected chi connectivity index (χ2v) is 11.7. The lowest BCUT2D eigenvalue weighted by Crippen LogP contribution is -2.16. The maximum absolute atomic E-state index is 11.2. The first-order chi connectivity index (χ1) is 28.7. The zero-order valence-corrected chi connectivity index (χ0v) is 35.5. The monoisotopic (exact) mass is 848 g/mol. The minimum absolute atomic E-state index is 0.194. The Kier molecular flexibility index (Phi) is 50.4. The molecule has 0 amide bonds. The molecule has 0 bridgehead atoms. The van der Waals surface area contributed by atoms with Gasteiger partial charge in [0.2, 0.25) is 0 Å². The van der Waals surface area contributed by atoms with Crippen molar-refractivity contribution in [3.05, 3.63) is 12.2 Å². The van der Waals surface area contributed by atoms with Crippen LogP contribution in [0.25, 0.3) is 0 Å². The molecule has 0 saturated carbocycles. The summed E-state index contributed by atoms with van der Waals surface area (Å²) in [5.41, 5.74) is 0.367. The van der Waals surface area contributed by atoms with Crippen molar-refractivity contribution < 1.29 is 90.1 Å². The van der Waals surface area contributed by atoms with E-state index in [2.05, 4.69) is 6.58 Å². The van der Waals surface area contributed by atoms with Crippen molar-refractivity contribution in [2.45, 2.75) is 6.92 Å². The highest BCUT2D eigenvalue weighted by Crippen LogP contribution is 1.92. The molecule has 0 aliphatic heterocycles. The third-order valence-corrected chi connectivity index (χ3v) is 6.82. The number of hydrogen-bond acceptors (Lipinski definition) is 19. The van der Waals surface area contributed by atoms with Gasteiger partial charge in [-0.15, -0.1) is 0 Å². The molecule has 0 spiro atoms. The number of rotatable bonds is 52. The van der Waals surface area contributed by atoms with E-state index in [0.717, 1.165) is 0 Å². The lowest BCUT2D eigenvalue weighted by Gasteiger charge is -2.09. The molecule has 0 aliphatic carbocycles. The molecule has 0 fully saturated rings. The van der Waals surface area contributed by atoms with Crippen molar-refractivity contribution >= 4 is 5.97 Å². The van der Waals surface area contributed by atoms with Crippen LogP contribution in [0, 0.1) is 0 Å². The Labute approximate surface area is 346 Å². The summed E-state index contributed by atoms with van der Waals surface area (Å²) in [4.78, 5) is 11.2. The minimum Gasteiger partial charge on any atom is -0.460 e. The Morgan fingerprint density at radius 2 is 0.414 bits per heavy atom. The fourth-order valence-electron chi connectivity index (χ4n) is 3.86. The molecule has 58 heavy (non-hydrogen) atoms. The molecule has 0 aromatic heterocycles. The van der Waals surface area contributed by atoms with E-state index in [1.54, 1.807) is 14.0 Å². The second-order valence-electron chi connectivity index (χ2n) is 11.7. The van der Waals surface area contributed by atoms with Gasteiger partial charge in [-0.2, -0.15) is 0 Å². The zero-order chi connectivity index (χ0) is 41.9. The summed E-state index contributed by atoms with van der Waals surface area (Å²) in [6.07, 6.45) is 0. The van der Waals surface area contributed by atoms with Crippen LogP contribution in [-0.4, -0.2) is 238 Å². The van der Waals surface area contributed by atoms with E-state index < -0.39 is 5.97 Å². The van der Waals surface area contributed by atoms with E-state index in [-0.39, 0.29) is 6.61 Å². The topological polar surface area (TPSA) is 183 Å². The summed E-state index contributed by atoms with van der Waals surface area (Å²) in [5, 5.41) is 0. The lowest BCUT2D eigenvalue weighted by atomic mass is 10.4. The summed E-state index contributed by atoms with van der Waals surface area (Å²) in [6, 6.07) is 0. The van der Waals surface area contributed by atoms with Gasteiger partial charge in [0.05, 0.1) is 218 Å². The molecule has 0 unspecified atom stereocenters. The average Bonchev–Trinajstić information content (AvgIpc) is 3.22. The molecular weight excluding hydrogens is 772 g/mol. The molecule has 0 atom stereocenters. The molecule has 19 nitrogen and oxygen atoms in total. The van der Waals surface area contributed by atoms with Gasteiger partial charge >= 0.3 is 5.97 Å². The predicted molar refractivity (Wildman–Crippen MR) is 211 cm³/mol. The summed E-state index contributed by atoms with van der Waals surface area (Å²) in [7, 11) is 1.64. The van der Waals surface area contributed by atoms with Crippen LogP contribution >= 0.6 is 0 Å². The van der Waals surface area contributed by atoms with Gasteiger partial charge in [0.1, 0.15) is 6.61 Å². The number of carbonyl (C=O) groups excluding carboxylic acids is 1. The van der Waals surface area contributed by atoms with Gasteiger partial charge in [-0.25, -0.2) is 4.79 Å². The molecule has 0 rings (SSSR count). The van der Waals surface area contributed by atoms with Crippen LogP contribution in [0.2, 0.25) is 0 Å². The SMILES string of the molecule is C=C(C)C(=O)OCCOCCOCCOCCOCCOCCOCCOCCOCCOCCOCCOCCOCCOCCOCCOCCOCCOC. The van der Waals surface area contributed by atoms with Crippen molar-refractivity contribution in [3.63, 3.8) is 0 Å². The molecule has 0 aliphatic rings. The molecule has 0 aromatic rings. The summed E-state index contributed by atoms with van der Waals surface area (Å²) in [6.45, 7) is 21.6. The van der Waals surface area contributed by atoms with Gasteiger partial charge in [0.25, 0.3) is 0 Å². The second kappa shape index (κ2) is 51.7. The summed E-state index contributed by atoms with van der Waals surface area (Å²) < 4.78 is 97.0. The number of hydrogen-bond donors (Lipinski definition) is 0. The zero-order valence-electron chi connectivity index (χ0n) is 35.5. The van der Waals surface area contributed by atoms with Crippen LogP contribution in [-0.2, 0) is 90.1 Å². The van der Waals surface area contributed by atoms with E-state index in [1.165, 1.54) is 0 Å². The van der Waals surface area contributed by atoms with Crippen molar-refractivity contribution in [1.29, 1.82) is 0 Å². The van der Waals surface area contributed by atoms with E-state index in [1.807, 2.05) is 0 Å². The maximum atomic E-state index is 11.2. The molecule has 0 radical (unpaired) electrons. The van der Waals surface area contributed by atoms with Crippen LogP contribution in [0.3, 0.4) is 0 Å². The van der Waals surface area contributed by atoms with Crippen molar-refractivity contribution in [1.82, 2.24) is 0 Å². The van der Waals surface area contributed by atoms with Gasteiger partial charge in [-0.3, -0.25) is 0 Å². The van der Waals surface area contributed by atoms with Crippen LogP contribution in [0.4, 0.5) is 0 Å². The Bertz CT molecular complexity index is 813. The van der Waals surface area contributed by atoms with E-state index in [0.29, 0.717) is 224 Å². The minimum atomic E-state index is -0.416. The molecule has 0 aromatic carbocycles. The molecule has 0 heterocycles. The molecular formula is C39H76O19. The number of carbonyl (C=O) groups is 1. The van der Waals surface area contributed by atoms with Gasteiger partial charge in [0, 0.05) is 12.7 Å². The Morgan fingerprint density at radius 1 is 0.276 bits per heavy atom. The third-order valence-electron chi connectivity index (χ3n) is 6.82. The lowest BCUT2D eigenvalue weighted by molar-refractivity contribution is -0.140. The largest absolute Gasteiger partial charge is 0.460 e. The smallest absolute Gasteiger partial charge is 0.333 e. The van der Waals surface area contributed by atoms with Crippen LogP contribution in [0.1, 0.15) is 6.92 Å². The summed E-state index contributed by atoms with van der Waals surface area (Å²) in [5.74, 6) is -0.416. The van der Waals surface area contributed by atoms with Crippen molar-refractivity contribution in [2.24, 2.45) is 0 Å². The standard InChI is InChI=1S/C39H76O19/c1-38(2)39(40)58-37-36-57-35-34-56-33-32-55-31-30-54-29-28-53-27-26-52-25-24-51-23-22-50-21-20-49-19-18-48-17-16-47-15-14-46-13-12-45-11-10-44-9-8-43-7-6-42-5-4-41-3/h1,4-37H2,2-3H3. The average molecular weight is 849 g/mol. The van der Waals surface area contributed by atoms with Gasteiger partial charge in [0.15, 0.2) is 0 Å². The Morgan fingerprint density at radius 3 is 0.552 bits per heavy atom. The molecule has 0 saturated heterocycles. The first-order valence-electron chi connectivity index (χ1n) is 20.2. The molecule has 346 valence electrons. The highest BCUT2D eigenvalue weighted by atomic mass is 16.6. The van der Waals surface area contributed by atoms with Crippen LogP contribution in [0.5, 0.6) is 0 Å². The number of methoxy groups -OCH3 is 1. The van der Waals surface area contributed by atoms with E-state index in [4.69, 9.17) is 85.3 Å². The quantitative estimate of drug-likeness (QED) is 0.0480. The fraction of sp³-hybridized carbons (Fsp3) is 0.923. The van der Waals surface area contributed by atoms with Crippen LogP contribution in [0.15, 0.2) is 12.2 Å². The maximum Gasteiger partial charge on any atom is 0.333 e. The third kappa shape index (κ3) is 50.7. The first kappa shape index (κ1) is 56.5. The van der Waals surface area contributed by atoms with Gasteiger partial charge in [-0.1, -0.05) is 6.58 Å². The number of ether oxygens (including phenoxy) is 18. The number of esters is 1. The fourth-order valence-corrected chi connectivity index (χ4v) is 3.86. The van der Waals surface area contributed by atoms with Crippen molar-refractivity contribution in [3.8, 4) is 0 Å². The summed E-state index contributed by atoms with van der Waals surface area (Å²) >= 11 is 0. The normalized spacial score (nSPS) is 11.5. The predicted octanol–water partition coefficient (Wildman–Crippen LogP) is 1.02. The van der Waals surface area contributed by atoms with Crippen LogP contribution < -0.4 is 0 Å². The Hall–Kier alpha value is -1.47. The highest BCUT2D eigenvalue weighted by molar-refractivity contribution is 5.86. The molecule has 0 N–H and O–H groups in total. The van der Waals surface area contributed by atoms with Crippen molar-refractivity contribution in [2.75, 3.05) is 232 Å². The van der Waals surface area contributed by atoms with E-state index in [9.17, 15) is 4.79 Å². The van der Waals surface area contributed by atoms with Gasteiger partial charge in [-0.05, 0) is 6.92 Å².